The number of hydrogen-bond acceptors (Lipinski definition) is 8. The maximum absolute atomic E-state index is 13.1. The molecule has 40 heavy (non-hydrogen) atoms. The van der Waals surface area contributed by atoms with E-state index >= 15 is 0 Å². The number of aromatic nitrogens is 3. The zero-order valence-corrected chi connectivity index (χ0v) is 22.5. The molecule has 10 nitrogen and oxygen atoms in total. The quantitative estimate of drug-likeness (QED) is 0.334. The number of rotatable bonds is 7. The number of hydrogen-bond donors (Lipinski definition) is 2. The van der Waals surface area contributed by atoms with E-state index in [0.717, 1.165) is 41.3 Å². The SMILES string of the molecule is CCOC(=O)N1CCN(c2ccc(NC(=O)c3ccc(C)c(Nc4nccc(-c5cccnc5)n4)c3)cc2)CC1. The van der Waals surface area contributed by atoms with Gasteiger partial charge in [-0.05, 0) is 74.0 Å². The summed E-state index contributed by atoms with van der Waals surface area (Å²) < 4.78 is 5.09. The molecule has 1 fully saturated rings. The van der Waals surface area contributed by atoms with Crippen LogP contribution in [-0.2, 0) is 4.74 Å². The van der Waals surface area contributed by atoms with Crippen LogP contribution in [0.2, 0.25) is 0 Å². The zero-order chi connectivity index (χ0) is 27.9. The number of anilines is 4. The monoisotopic (exact) mass is 537 g/mol. The number of benzene rings is 2. The molecule has 0 bridgehead atoms. The first kappa shape index (κ1) is 26.6. The van der Waals surface area contributed by atoms with E-state index in [0.29, 0.717) is 36.9 Å². The minimum Gasteiger partial charge on any atom is -0.450 e. The van der Waals surface area contributed by atoms with Crippen molar-refractivity contribution >= 4 is 35.0 Å². The fourth-order valence-electron chi connectivity index (χ4n) is 4.43. The van der Waals surface area contributed by atoms with Crippen LogP contribution in [0.25, 0.3) is 11.3 Å². The molecule has 10 heteroatoms. The van der Waals surface area contributed by atoms with Crippen molar-refractivity contribution < 1.29 is 14.3 Å². The van der Waals surface area contributed by atoms with Crippen LogP contribution in [0.5, 0.6) is 0 Å². The molecule has 3 heterocycles. The first-order valence-electron chi connectivity index (χ1n) is 13.2. The molecule has 0 spiro atoms. The summed E-state index contributed by atoms with van der Waals surface area (Å²) in [7, 11) is 0. The van der Waals surface area contributed by atoms with Gasteiger partial charge in [-0.15, -0.1) is 0 Å². The predicted molar refractivity (Wildman–Crippen MR) is 155 cm³/mol. The molecule has 0 saturated carbocycles. The van der Waals surface area contributed by atoms with Gasteiger partial charge in [0.1, 0.15) is 0 Å². The van der Waals surface area contributed by atoms with Crippen LogP contribution in [-0.4, -0.2) is 64.6 Å². The smallest absolute Gasteiger partial charge is 0.409 e. The first-order valence-corrected chi connectivity index (χ1v) is 13.2. The number of amides is 2. The van der Waals surface area contributed by atoms with Crippen LogP contribution in [0.4, 0.5) is 27.8 Å². The molecule has 204 valence electrons. The standard InChI is InChI=1S/C30H31N7O3/c1-3-40-30(39)37-17-15-36(16-18-37)25-10-8-24(9-11-25)33-28(38)22-7-6-21(2)27(19-22)35-29-32-14-12-26(34-29)23-5-4-13-31-20-23/h4-14,19-20H,3,15-18H2,1-2H3,(H,33,38)(H,32,34,35). The Morgan fingerprint density at radius 2 is 1.77 bits per heavy atom. The second kappa shape index (κ2) is 12.2. The van der Waals surface area contributed by atoms with Gasteiger partial charge >= 0.3 is 6.09 Å². The molecular weight excluding hydrogens is 506 g/mol. The van der Waals surface area contributed by atoms with Gasteiger partial charge in [-0.3, -0.25) is 9.78 Å². The highest BCUT2D eigenvalue weighted by Gasteiger charge is 2.22. The van der Waals surface area contributed by atoms with Crippen molar-refractivity contribution in [2.24, 2.45) is 0 Å². The van der Waals surface area contributed by atoms with Crippen LogP contribution in [0.15, 0.2) is 79.3 Å². The average molecular weight is 538 g/mol. The topological polar surface area (TPSA) is 113 Å². The molecule has 2 amide bonds. The number of piperazine rings is 1. The summed E-state index contributed by atoms with van der Waals surface area (Å²) in [5, 5.41) is 6.21. The lowest BCUT2D eigenvalue weighted by molar-refractivity contribution is 0.102. The van der Waals surface area contributed by atoms with E-state index in [1.165, 1.54) is 0 Å². The minimum absolute atomic E-state index is 0.219. The van der Waals surface area contributed by atoms with E-state index in [4.69, 9.17) is 4.74 Å². The van der Waals surface area contributed by atoms with Gasteiger partial charge in [-0.2, -0.15) is 0 Å². The van der Waals surface area contributed by atoms with Crippen molar-refractivity contribution in [1.29, 1.82) is 0 Å². The van der Waals surface area contributed by atoms with Gasteiger partial charge < -0.3 is 25.2 Å². The predicted octanol–water partition coefficient (Wildman–Crippen LogP) is 5.12. The molecular formula is C30H31N7O3. The number of ether oxygens (including phenoxy) is 1. The highest BCUT2D eigenvalue weighted by molar-refractivity contribution is 6.05. The van der Waals surface area contributed by atoms with E-state index < -0.39 is 0 Å². The van der Waals surface area contributed by atoms with Gasteiger partial charge in [0.15, 0.2) is 0 Å². The Hall–Kier alpha value is -4.99. The summed E-state index contributed by atoms with van der Waals surface area (Å²) in [6, 6.07) is 18.8. The summed E-state index contributed by atoms with van der Waals surface area (Å²) in [5.74, 6) is 0.213. The normalized spacial score (nSPS) is 13.1. The fraction of sp³-hybridized carbons (Fsp3) is 0.233. The number of carbonyl (C=O) groups is 2. The van der Waals surface area contributed by atoms with Gasteiger partial charge in [-0.1, -0.05) is 6.07 Å². The molecule has 0 unspecified atom stereocenters. The lowest BCUT2D eigenvalue weighted by atomic mass is 10.1. The van der Waals surface area contributed by atoms with Crippen LogP contribution in [0.3, 0.4) is 0 Å². The summed E-state index contributed by atoms with van der Waals surface area (Å²) >= 11 is 0. The van der Waals surface area contributed by atoms with Gasteiger partial charge in [-0.25, -0.2) is 14.8 Å². The third-order valence-electron chi connectivity index (χ3n) is 6.66. The largest absolute Gasteiger partial charge is 0.450 e. The highest BCUT2D eigenvalue weighted by atomic mass is 16.6. The molecule has 2 N–H and O–H groups in total. The van der Waals surface area contributed by atoms with Crippen molar-refractivity contribution in [3.8, 4) is 11.3 Å². The molecule has 2 aromatic carbocycles. The van der Waals surface area contributed by atoms with Crippen LogP contribution >= 0.6 is 0 Å². The first-order chi connectivity index (χ1) is 19.5. The molecule has 1 aliphatic rings. The summed E-state index contributed by atoms with van der Waals surface area (Å²) in [5.41, 5.74) is 5.59. The number of pyridine rings is 1. The molecule has 0 atom stereocenters. The Morgan fingerprint density at radius 3 is 2.50 bits per heavy atom. The number of aryl methyl sites for hydroxylation is 1. The van der Waals surface area contributed by atoms with Crippen molar-refractivity contribution in [3.63, 3.8) is 0 Å². The Labute approximate surface area is 233 Å². The van der Waals surface area contributed by atoms with E-state index in [9.17, 15) is 9.59 Å². The Morgan fingerprint density at radius 1 is 0.975 bits per heavy atom. The Balaban J connectivity index is 1.21. The lowest BCUT2D eigenvalue weighted by Gasteiger charge is -2.35. The maximum atomic E-state index is 13.1. The summed E-state index contributed by atoms with van der Waals surface area (Å²) in [4.78, 5) is 42.0. The summed E-state index contributed by atoms with van der Waals surface area (Å²) in [6.45, 7) is 6.81. The van der Waals surface area contributed by atoms with Crippen LogP contribution in [0.1, 0.15) is 22.8 Å². The van der Waals surface area contributed by atoms with E-state index in [1.54, 1.807) is 35.6 Å². The van der Waals surface area contributed by atoms with Crippen LogP contribution in [0, 0.1) is 6.92 Å². The van der Waals surface area contributed by atoms with Gasteiger partial charge in [0.2, 0.25) is 5.95 Å². The number of nitrogens with one attached hydrogen (secondary N) is 2. The van der Waals surface area contributed by atoms with E-state index in [1.807, 2.05) is 62.4 Å². The second-order valence-electron chi connectivity index (χ2n) is 9.34. The Kier molecular flexibility index (Phi) is 8.15. The number of carbonyl (C=O) groups excluding carboxylic acids is 2. The summed E-state index contributed by atoms with van der Waals surface area (Å²) in [6.07, 6.45) is 4.89. The number of nitrogens with zero attached hydrogens (tertiary/aromatic N) is 5. The van der Waals surface area contributed by atoms with Crippen molar-refractivity contribution in [3.05, 3.63) is 90.4 Å². The van der Waals surface area contributed by atoms with Gasteiger partial charge in [0.25, 0.3) is 5.91 Å². The van der Waals surface area contributed by atoms with Gasteiger partial charge in [0, 0.05) is 73.0 Å². The van der Waals surface area contributed by atoms with Crippen molar-refractivity contribution in [1.82, 2.24) is 19.9 Å². The third-order valence-corrected chi connectivity index (χ3v) is 6.66. The lowest BCUT2D eigenvalue weighted by Crippen LogP contribution is -2.49. The average Bonchev–Trinajstić information content (AvgIpc) is 2.99. The zero-order valence-electron chi connectivity index (χ0n) is 22.5. The molecule has 1 aliphatic heterocycles. The molecule has 5 rings (SSSR count). The van der Waals surface area contributed by atoms with Crippen LogP contribution < -0.4 is 15.5 Å². The molecule has 0 radical (unpaired) electrons. The maximum Gasteiger partial charge on any atom is 0.409 e. The molecule has 1 saturated heterocycles. The van der Waals surface area contributed by atoms with Crippen molar-refractivity contribution in [2.75, 3.05) is 48.3 Å². The van der Waals surface area contributed by atoms with E-state index in [-0.39, 0.29) is 12.0 Å². The van der Waals surface area contributed by atoms with Gasteiger partial charge in [0.05, 0.1) is 12.3 Å². The molecule has 4 aromatic rings. The second-order valence-corrected chi connectivity index (χ2v) is 9.34. The Bertz CT molecular complexity index is 1470. The molecule has 2 aromatic heterocycles. The van der Waals surface area contributed by atoms with E-state index in [2.05, 4.69) is 30.5 Å². The minimum atomic E-state index is -0.263. The fourth-order valence-corrected chi connectivity index (χ4v) is 4.43. The van der Waals surface area contributed by atoms with Crippen molar-refractivity contribution in [2.45, 2.75) is 13.8 Å². The third kappa shape index (κ3) is 6.35. The highest BCUT2D eigenvalue weighted by Crippen LogP contribution is 2.24. The molecule has 0 aliphatic carbocycles.